The van der Waals surface area contributed by atoms with Crippen LogP contribution in [0.3, 0.4) is 0 Å². The molecule has 3 fully saturated rings. The summed E-state index contributed by atoms with van der Waals surface area (Å²) in [5.74, 6) is -1.53. The van der Waals surface area contributed by atoms with Crippen LogP contribution in [0.1, 0.15) is 37.7 Å². The number of rotatable bonds is 3. The van der Waals surface area contributed by atoms with Crippen LogP contribution in [0, 0.1) is 11.6 Å². The van der Waals surface area contributed by atoms with Gasteiger partial charge in [-0.3, -0.25) is 9.80 Å². The van der Waals surface area contributed by atoms with E-state index in [4.69, 9.17) is 4.74 Å². The van der Waals surface area contributed by atoms with Crippen LogP contribution >= 0.6 is 0 Å². The lowest BCUT2D eigenvalue weighted by molar-refractivity contribution is -0.0452. The Kier molecular flexibility index (Phi) is 4.58. The fourth-order valence-electron chi connectivity index (χ4n) is 4.52. The third kappa shape index (κ3) is 3.35. The third-order valence-corrected chi connectivity index (χ3v) is 6.00. The van der Waals surface area contributed by atoms with Crippen LogP contribution in [0.5, 0.6) is 0 Å². The van der Waals surface area contributed by atoms with Crippen molar-refractivity contribution >= 4 is 0 Å². The van der Waals surface area contributed by atoms with Crippen LogP contribution in [0.2, 0.25) is 0 Å². The third-order valence-electron chi connectivity index (χ3n) is 6.00. The fourth-order valence-corrected chi connectivity index (χ4v) is 4.52. The van der Waals surface area contributed by atoms with E-state index in [0.29, 0.717) is 12.6 Å². The predicted molar refractivity (Wildman–Crippen MR) is 88.8 cm³/mol. The average molecular weight is 336 g/mol. The Labute approximate surface area is 142 Å². The Bertz CT molecular complexity index is 581. The maximum atomic E-state index is 13.3. The molecule has 1 unspecified atom stereocenters. The lowest BCUT2D eigenvalue weighted by Gasteiger charge is -2.39. The van der Waals surface area contributed by atoms with Gasteiger partial charge < -0.3 is 4.74 Å². The molecule has 3 aliphatic rings. The van der Waals surface area contributed by atoms with E-state index < -0.39 is 11.6 Å². The fraction of sp³-hybridized carbons (Fsp3) is 0.684. The SMILES string of the molecule is Fc1ccc(CN2CCC3(CC2)CC(N2CCCC2)CO3)cc1F. The zero-order chi connectivity index (χ0) is 16.6. The number of ether oxygens (including phenoxy) is 1. The highest BCUT2D eigenvalue weighted by atomic mass is 19.2. The monoisotopic (exact) mass is 336 g/mol. The van der Waals surface area contributed by atoms with Crippen molar-refractivity contribution in [2.45, 2.75) is 50.3 Å². The normalized spacial score (nSPS) is 28.0. The van der Waals surface area contributed by atoms with E-state index in [-0.39, 0.29) is 5.60 Å². The van der Waals surface area contributed by atoms with Crippen LogP contribution in [-0.4, -0.2) is 54.2 Å². The van der Waals surface area contributed by atoms with E-state index >= 15 is 0 Å². The summed E-state index contributed by atoms with van der Waals surface area (Å²) in [5, 5.41) is 0. The number of likely N-dealkylation sites (tertiary alicyclic amines) is 2. The van der Waals surface area contributed by atoms with Gasteiger partial charge in [-0.15, -0.1) is 0 Å². The molecule has 0 radical (unpaired) electrons. The lowest BCUT2D eigenvalue weighted by Crippen LogP contribution is -2.44. The summed E-state index contributed by atoms with van der Waals surface area (Å²) in [6.45, 7) is 5.95. The van der Waals surface area contributed by atoms with Gasteiger partial charge in [0, 0.05) is 25.7 Å². The molecule has 4 rings (SSSR count). The quantitative estimate of drug-likeness (QED) is 0.843. The van der Waals surface area contributed by atoms with Gasteiger partial charge in [0.05, 0.1) is 12.2 Å². The number of piperidine rings is 1. The maximum absolute atomic E-state index is 13.3. The number of hydrogen-bond donors (Lipinski definition) is 0. The highest BCUT2D eigenvalue weighted by molar-refractivity contribution is 5.17. The number of hydrogen-bond acceptors (Lipinski definition) is 3. The minimum atomic E-state index is -0.774. The molecule has 1 atom stereocenters. The second kappa shape index (κ2) is 6.70. The molecule has 1 spiro atoms. The molecule has 0 aromatic heterocycles. The van der Waals surface area contributed by atoms with Gasteiger partial charge in [-0.2, -0.15) is 0 Å². The molecule has 1 aromatic carbocycles. The summed E-state index contributed by atoms with van der Waals surface area (Å²) in [6, 6.07) is 4.81. The Morgan fingerprint density at radius 2 is 1.79 bits per heavy atom. The largest absolute Gasteiger partial charge is 0.373 e. The molecule has 3 aliphatic heterocycles. The van der Waals surface area contributed by atoms with Gasteiger partial charge in [-0.25, -0.2) is 8.78 Å². The van der Waals surface area contributed by atoms with Gasteiger partial charge >= 0.3 is 0 Å². The molecule has 1 aromatic rings. The molecule has 0 saturated carbocycles. The molecule has 3 heterocycles. The molecule has 132 valence electrons. The first-order chi connectivity index (χ1) is 11.6. The first-order valence-corrected chi connectivity index (χ1v) is 9.18. The molecule has 0 bridgehead atoms. The summed E-state index contributed by atoms with van der Waals surface area (Å²) in [4.78, 5) is 4.92. The van der Waals surface area contributed by atoms with Crippen LogP contribution in [-0.2, 0) is 11.3 Å². The van der Waals surface area contributed by atoms with E-state index in [1.807, 2.05) is 0 Å². The highest BCUT2D eigenvalue weighted by Crippen LogP contribution is 2.38. The van der Waals surface area contributed by atoms with E-state index in [1.54, 1.807) is 6.07 Å². The smallest absolute Gasteiger partial charge is 0.159 e. The van der Waals surface area contributed by atoms with Crippen molar-refractivity contribution in [1.29, 1.82) is 0 Å². The van der Waals surface area contributed by atoms with Crippen LogP contribution in [0.25, 0.3) is 0 Å². The van der Waals surface area contributed by atoms with E-state index in [1.165, 1.54) is 38.1 Å². The molecular weight excluding hydrogens is 310 g/mol. The topological polar surface area (TPSA) is 15.7 Å². The van der Waals surface area contributed by atoms with Gasteiger partial charge in [0.25, 0.3) is 0 Å². The first kappa shape index (κ1) is 16.4. The minimum absolute atomic E-state index is 0.0534. The van der Waals surface area contributed by atoms with E-state index in [0.717, 1.165) is 44.5 Å². The molecule has 5 heteroatoms. The molecule has 3 saturated heterocycles. The average Bonchev–Trinajstić information content (AvgIpc) is 3.24. The molecule has 3 nitrogen and oxygen atoms in total. The van der Waals surface area contributed by atoms with Crippen LogP contribution in [0.15, 0.2) is 18.2 Å². The summed E-state index contributed by atoms with van der Waals surface area (Å²) >= 11 is 0. The molecule has 0 amide bonds. The van der Waals surface area contributed by atoms with E-state index in [2.05, 4.69) is 9.80 Å². The number of nitrogens with zero attached hydrogens (tertiary/aromatic N) is 2. The Balaban J connectivity index is 1.31. The standard InChI is InChI=1S/C19H26F2N2O/c20-17-4-3-15(11-18(17)21)13-22-9-5-19(6-10-22)12-16(14-24-19)23-7-1-2-8-23/h3-4,11,16H,1-2,5-10,12-14H2. The molecule has 0 aliphatic carbocycles. The van der Waals surface area contributed by atoms with Crippen molar-refractivity contribution in [2.75, 3.05) is 32.8 Å². The number of halogens is 2. The molecule has 0 N–H and O–H groups in total. The van der Waals surface area contributed by atoms with Crippen molar-refractivity contribution in [2.24, 2.45) is 0 Å². The Morgan fingerprint density at radius 1 is 1.04 bits per heavy atom. The molecular formula is C19H26F2N2O. The van der Waals surface area contributed by atoms with Gasteiger partial charge in [-0.05, 0) is 62.9 Å². The molecule has 24 heavy (non-hydrogen) atoms. The summed E-state index contributed by atoms with van der Waals surface area (Å²) in [7, 11) is 0. The van der Waals surface area contributed by atoms with Gasteiger partial charge in [0.1, 0.15) is 0 Å². The van der Waals surface area contributed by atoms with Crippen molar-refractivity contribution < 1.29 is 13.5 Å². The Hall–Kier alpha value is -1.04. The highest BCUT2D eigenvalue weighted by Gasteiger charge is 2.44. The second-order valence-electron chi connectivity index (χ2n) is 7.62. The van der Waals surface area contributed by atoms with E-state index in [9.17, 15) is 8.78 Å². The van der Waals surface area contributed by atoms with Crippen molar-refractivity contribution in [3.8, 4) is 0 Å². The predicted octanol–water partition coefficient (Wildman–Crippen LogP) is 3.18. The van der Waals surface area contributed by atoms with Crippen molar-refractivity contribution in [3.05, 3.63) is 35.4 Å². The van der Waals surface area contributed by atoms with Crippen molar-refractivity contribution in [3.63, 3.8) is 0 Å². The Morgan fingerprint density at radius 3 is 2.50 bits per heavy atom. The van der Waals surface area contributed by atoms with Crippen LogP contribution in [0.4, 0.5) is 8.78 Å². The van der Waals surface area contributed by atoms with Gasteiger partial charge in [0.15, 0.2) is 11.6 Å². The summed E-state index contributed by atoms with van der Waals surface area (Å²) in [6.07, 6.45) is 5.89. The zero-order valence-electron chi connectivity index (χ0n) is 14.1. The summed E-state index contributed by atoms with van der Waals surface area (Å²) in [5.41, 5.74) is 0.893. The maximum Gasteiger partial charge on any atom is 0.159 e. The first-order valence-electron chi connectivity index (χ1n) is 9.18. The zero-order valence-corrected chi connectivity index (χ0v) is 14.1. The van der Waals surface area contributed by atoms with Gasteiger partial charge in [0.2, 0.25) is 0 Å². The van der Waals surface area contributed by atoms with Gasteiger partial charge in [-0.1, -0.05) is 6.07 Å². The lowest BCUT2D eigenvalue weighted by atomic mass is 9.87. The minimum Gasteiger partial charge on any atom is -0.373 e. The summed E-state index contributed by atoms with van der Waals surface area (Å²) < 4.78 is 32.6. The van der Waals surface area contributed by atoms with Crippen molar-refractivity contribution in [1.82, 2.24) is 9.80 Å². The second-order valence-corrected chi connectivity index (χ2v) is 7.62. The van der Waals surface area contributed by atoms with Crippen LogP contribution < -0.4 is 0 Å². The number of benzene rings is 1.